The molecule has 2 heterocycles. The predicted molar refractivity (Wildman–Crippen MR) is 137 cm³/mol. The van der Waals surface area contributed by atoms with Gasteiger partial charge in [-0.05, 0) is 54.6 Å². The molecule has 1 saturated heterocycles. The molecule has 5 rings (SSSR count). The number of nitro groups is 1. The summed E-state index contributed by atoms with van der Waals surface area (Å²) in [6.07, 6.45) is 0. The zero-order valence-electron chi connectivity index (χ0n) is 20.1. The third-order valence-electron chi connectivity index (χ3n) is 6.39. The number of rotatable bonds is 6. The molecular weight excluding hydrogens is 477 g/mol. The van der Waals surface area contributed by atoms with Crippen molar-refractivity contribution in [3.63, 3.8) is 0 Å². The average Bonchev–Trinajstić information content (AvgIpc) is 3.38. The second-order valence-electron chi connectivity index (χ2n) is 8.56. The molecule has 9 nitrogen and oxygen atoms in total. The van der Waals surface area contributed by atoms with Crippen LogP contribution in [0.4, 0.5) is 15.8 Å². The highest BCUT2D eigenvalue weighted by atomic mass is 19.1. The monoisotopic (exact) mass is 501 g/mol. The third kappa shape index (κ3) is 4.86. The van der Waals surface area contributed by atoms with Crippen LogP contribution >= 0.6 is 0 Å². The van der Waals surface area contributed by atoms with Crippen LogP contribution in [0.15, 0.2) is 78.9 Å². The van der Waals surface area contributed by atoms with Gasteiger partial charge in [0.1, 0.15) is 17.3 Å². The van der Waals surface area contributed by atoms with E-state index in [1.54, 1.807) is 36.3 Å². The topological polar surface area (TPSA) is 93.7 Å². The number of amides is 1. The summed E-state index contributed by atoms with van der Waals surface area (Å²) in [6.45, 7) is 2.27. The van der Waals surface area contributed by atoms with Crippen molar-refractivity contribution < 1.29 is 18.8 Å². The molecule has 3 aromatic carbocycles. The minimum absolute atomic E-state index is 0.0761. The molecule has 1 amide bonds. The molecule has 0 atom stereocenters. The van der Waals surface area contributed by atoms with Gasteiger partial charge < -0.3 is 14.5 Å². The molecule has 1 fully saturated rings. The number of methoxy groups -OCH3 is 1. The van der Waals surface area contributed by atoms with Gasteiger partial charge in [-0.1, -0.05) is 12.1 Å². The SMILES string of the molecule is COc1ccc(N2CCN(C(=O)c3cc(-c4ccccc4F)nn3-c3ccc([N+](=O)[O-])cc3)CC2)cc1. The van der Waals surface area contributed by atoms with Gasteiger partial charge in [0.2, 0.25) is 0 Å². The number of carbonyl (C=O) groups excluding carboxylic acids is 1. The smallest absolute Gasteiger partial charge is 0.272 e. The van der Waals surface area contributed by atoms with E-state index >= 15 is 0 Å². The van der Waals surface area contributed by atoms with E-state index in [-0.39, 0.29) is 22.9 Å². The van der Waals surface area contributed by atoms with Gasteiger partial charge >= 0.3 is 0 Å². The van der Waals surface area contributed by atoms with Gasteiger partial charge in [-0.3, -0.25) is 14.9 Å². The number of anilines is 1. The molecule has 0 spiro atoms. The average molecular weight is 502 g/mol. The number of carbonyl (C=O) groups is 1. The number of nitrogens with zero attached hydrogens (tertiary/aromatic N) is 5. The van der Waals surface area contributed by atoms with Crippen LogP contribution in [0.5, 0.6) is 5.75 Å². The summed E-state index contributed by atoms with van der Waals surface area (Å²) in [4.78, 5) is 28.2. The Bertz CT molecular complexity index is 1430. The number of halogens is 1. The van der Waals surface area contributed by atoms with Gasteiger partial charge in [0.05, 0.1) is 23.4 Å². The standard InChI is InChI=1S/C27H24FN5O4/c1-37-22-12-10-19(11-13-22)30-14-16-31(17-15-30)27(34)26-18-25(23-4-2-3-5-24(23)28)29-32(26)20-6-8-21(9-7-20)33(35)36/h2-13,18H,14-17H2,1H3. The lowest BCUT2D eigenvalue weighted by Crippen LogP contribution is -2.49. The molecule has 10 heteroatoms. The summed E-state index contributed by atoms with van der Waals surface area (Å²) in [5.74, 6) is 0.0773. The summed E-state index contributed by atoms with van der Waals surface area (Å²) < 4.78 is 21.2. The number of non-ortho nitro benzene ring substituents is 1. The second kappa shape index (κ2) is 10.1. The molecule has 0 bridgehead atoms. The number of aromatic nitrogens is 2. The Morgan fingerprint density at radius 3 is 2.22 bits per heavy atom. The molecule has 0 N–H and O–H groups in total. The lowest BCUT2D eigenvalue weighted by molar-refractivity contribution is -0.384. The van der Waals surface area contributed by atoms with Crippen molar-refractivity contribution in [3.8, 4) is 22.7 Å². The minimum atomic E-state index is -0.494. The van der Waals surface area contributed by atoms with Crippen molar-refractivity contribution >= 4 is 17.3 Å². The van der Waals surface area contributed by atoms with Crippen molar-refractivity contribution in [1.82, 2.24) is 14.7 Å². The van der Waals surface area contributed by atoms with E-state index in [1.807, 2.05) is 24.3 Å². The molecule has 4 aromatic rings. The van der Waals surface area contributed by atoms with Crippen LogP contribution in [0.25, 0.3) is 16.9 Å². The van der Waals surface area contributed by atoms with Gasteiger partial charge in [-0.2, -0.15) is 5.10 Å². The molecule has 0 aliphatic carbocycles. The number of piperazine rings is 1. The number of nitro benzene ring substituents is 1. The summed E-state index contributed by atoms with van der Waals surface area (Å²) in [5, 5.41) is 15.6. The Balaban J connectivity index is 1.43. The fourth-order valence-corrected chi connectivity index (χ4v) is 4.37. The van der Waals surface area contributed by atoms with E-state index < -0.39 is 10.7 Å². The lowest BCUT2D eigenvalue weighted by atomic mass is 10.1. The Hall–Kier alpha value is -4.73. The number of benzene rings is 3. The van der Waals surface area contributed by atoms with Crippen molar-refractivity contribution in [3.05, 3.63) is 100 Å². The van der Waals surface area contributed by atoms with Crippen LogP contribution in [0.2, 0.25) is 0 Å². The van der Waals surface area contributed by atoms with Gasteiger partial charge in [0, 0.05) is 49.6 Å². The number of ether oxygens (including phenoxy) is 1. The van der Waals surface area contributed by atoms with Crippen LogP contribution in [-0.2, 0) is 0 Å². The quantitative estimate of drug-likeness (QED) is 0.284. The highest BCUT2D eigenvalue weighted by Gasteiger charge is 2.27. The van der Waals surface area contributed by atoms with Crippen LogP contribution in [0.1, 0.15) is 10.5 Å². The maximum absolute atomic E-state index is 14.5. The second-order valence-corrected chi connectivity index (χ2v) is 8.56. The highest BCUT2D eigenvalue weighted by Crippen LogP contribution is 2.27. The Morgan fingerprint density at radius 1 is 0.946 bits per heavy atom. The lowest BCUT2D eigenvalue weighted by Gasteiger charge is -2.36. The minimum Gasteiger partial charge on any atom is -0.497 e. The van der Waals surface area contributed by atoms with Crippen LogP contribution in [0, 0.1) is 15.9 Å². The first-order chi connectivity index (χ1) is 17.9. The van der Waals surface area contributed by atoms with E-state index in [0.29, 0.717) is 37.6 Å². The van der Waals surface area contributed by atoms with E-state index in [2.05, 4.69) is 10.00 Å². The first kappa shape index (κ1) is 24.0. The fourth-order valence-electron chi connectivity index (χ4n) is 4.37. The zero-order chi connectivity index (χ0) is 25.9. The zero-order valence-corrected chi connectivity index (χ0v) is 20.1. The normalized spacial score (nSPS) is 13.5. The molecule has 0 unspecified atom stereocenters. The Labute approximate surface area is 212 Å². The summed E-state index contributed by atoms with van der Waals surface area (Å²) >= 11 is 0. The van der Waals surface area contributed by atoms with Gasteiger partial charge in [0.25, 0.3) is 11.6 Å². The first-order valence-electron chi connectivity index (χ1n) is 11.7. The van der Waals surface area contributed by atoms with E-state index in [0.717, 1.165) is 11.4 Å². The number of hydrogen-bond acceptors (Lipinski definition) is 6. The highest BCUT2D eigenvalue weighted by molar-refractivity contribution is 5.94. The molecule has 1 aromatic heterocycles. The van der Waals surface area contributed by atoms with E-state index in [1.165, 1.54) is 35.0 Å². The Morgan fingerprint density at radius 2 is 1.59 bits per heavy atom. The molecule has 37 heavy (non-hydrogen) atoms. The summed E-state index contributed by atoms with van der Waals surface area (Å²) in [5.41, 5.74) is 2.26. The summed E-state index contributed by atoms with van der Waals surface area (Å²) in [6, 6.07) is 21.3. The van der Waals surface area contributed by atoms with Crippen LogP contribution < -0.4 is 9.64 Å². The molecule has 0 radical (unpaired) electrons. The van der Waals surface area contributed by atoms with Crippen LogP contribution in [0.3, 0.4) is 0 Å². The maximum Gasteiger partial charge on any atom is 0.272 e. The van der Waals surface area contributed by atoms with Crippen molar-refractivity contribution in [2.45, 2.75) is 0 Å². The van der Waals surface area contributed by atoms with Gasteiger partial charge in [-0.25, -0.2) is 9.07 Å². The van der Waals surface area contributed by atoms with Gasteiger partial charge in [-0.15, -0.1) is 0 Å². The Kier molecular flexibility index (Phi) is 6.55. The maximum atomic E-state index is 14.5. The van der Waals surface area contributed by atoms with Crippen molar-refractivity contribution in [1.29, 1.82) is 0 Å². The fraction of sp³-hybridized carbons (Fsp3) is 0.185. The molecule has 188 valence electrons. The predicted octanol–water partition coefficient (Wildman–Crippen LogP) is 4.56. The molecular formula is C27H24FN5O4. The molecule has 0 saturated carbocycles. The van der Waals surface area contributed by atoms with E-state index in [4.69, 9.17) is 4.74 Å². The molecule has 1 aliphatic heterocycles. The molecule has 1 aliphatic rings. The third-order valence-corrected chi connectivity index (χ3v) is 6.39. The van der Waals surface area contributed by atoms with E-state index in [9.17, 15) is 19.3 Å². The van der Waals surface area contributed by atoms with Crippen LogP contribution in [-0.4, -0.2) is 58.8 Å². The summed E-state index contributed by atoms with van der Waals surface area (Å²) in [7, 11) is 1.62. The first-order valence-corrected chi connectivity index (χ1v) is 11.7. The van der Waals surface area contributed by atoms with Gasteiger partial charge in [0.15, 0.2) is 0 Å². The van der Waals surface area contributed by atoms with Crippen molar-refractivity contribution in [2.24, 2.45) is 0 Å². The number of hydrogen-bond donors (Lipinski definition) is 0. The largest absolute Gasteiger partial charge is 0.497 e. The van der Waals surface area contributed by atoms with Crippen molar-refractivity contribution in [2.75, 3.05) is 38.2 Å².